The Labute approximate surface area is 118 Å². The number of carbonyl (C=O) groups is 1. The minimum Gasteiger partial charge on any atom is -0.468 e. The van der Waals surface area contributed by atoms with Crippen molar-refractivity contribution in [2.24, 2.45) is 0 Å². The first-order valence-electron chi connectivity index (χ1n) is 6.53. The van der Waals surface area contributed by atoms with Gasteiger partial charge in [0.25, 0.3) is 0 Å². The molecule has 1 aromatic rings. The first kappa shape index (κ1) is 14.5. The van der Waals surface area contributed by atoms with Crippen molar-refractivity contribution in [3.05, 3.63) is 22.4 Å². The van der Waals surface area contributed by atoms with E-state index in [1.54, 1.807) is 18.4 Å². The number of ether oxygens (including phenoxy) is 2. The lowest BCUT2D eigenvalue weighted by Crippen LogP contribution is -2.43. The molecule has 0 unspecified atom stereocenters. The maximum atomic E-state index is 11.9. The topological polar surface area (TPSA) is 38.8 Å². The molecule has 2 rings (SSSR count). The highest BCUT2D eigenvalue weighted by atomic mass is 32.1. The van der Waals surface area contributed by atoms with Crippen LogP contribution in [0.1, 0.15) is 18.9 Å². The molecule has 4 nitrogen and oxygen atoms in total. The fraction of sp³-hybridized carbons (Fsp3) is 0.643. The van der Waals surface area contributed by atoms with Gasteiger partial charge < -0.3 is 9.47 Å². The third kappa shape index (κ3) is 3.35. The van der Waals surface area contributed by atoms with E-state index in [4.69, 9.17) is 9.47 Å². The molecule has 2 heterocycles. The second kappa shape index (κ2) is 6.50. The molecule has 0 bridgehead atoms. The zero-order chi connectivity index (χ0) is 13.8. The largest absolute Gasteiger partial charge is 0.468 e. The molecular weight excluding hydrogens is 262 g/mol. The van der Waals surface area contributed by atoms with Crippen LogP contribution in [0.2, 0.25) is 0 Å². The van der Waals surface area contributed by atoms with Gasteiger partial charge >= 0.3 is 5.97 Å². The number of hydrogen-bond acceptors (Lipinski definition) is 5. The molecule has 0 spiro atoms. The van der Waals surface area contributed by atoms with Gasteiger partial charge in [-0.05, 0) is 35.7 Å². The van der Waals surface area contributed by atoms with E-state index in [-0.39, 0.29) is 18.1 Å². The molecule has 106 valence electrons. The maximum Gasteiger partial charge on any atom is 0.323 e. The van der Waals surface area contributed by atoms with Crippen LogP contribution in [0.3, 0.4) is 0 Å². The Balaban J connectivity index is 2.04. The molecule has 1 fully saturated rings. The normalized spacial score (nSPS) is 25.4. The van der Waals surface area contributed by atoms with Gasteiger partial charge in [0, 0.05) is 26.1 Å². The second-order valence-electron chi connectivity index (χ2n) is 5.01. The van der Waals surface area contributed by atoms with E-state index in [9.17, 15) is 4.79 Å². The predicted octanol–water partition coefficient (Wildman–Crippen LogP) is 1.94. The molecule has 0 saturated carbocycles. The third-order valence-electron chi connectivity index (χ3n) is 3.78. The van der Waals surface area contributed by atoms with E-state index in [0.29, 0.717) is 6.04 Å². The van der Waals surface area contributed by atoms with E-state index in [1.807, 2.05) is 0 Å². The van der Waals surface area contributed by atoms with Crippen LogP contribution in [-0.2, 0) is 20.7 Å². The summed E-state index contributed by atoms with van der Waals surface area (Å²) in [6.45, 7) is 2.95. The van der Waals surface area contributed by atoms with Gasteiger partial charge in [-0.3, -0.25) is 9.69 Å². The van der Waals surface area contributed by atoms with Crippen LogP contribution in [0.5, 0.6) is 0 Å². The van der Waals surface area contributed by atoms with Crippen molar-refractivity contribution in [3.63, 3.8) is 0 Å². The van der Waals surface area contributed by atoms with Crippen molar-refractivity contribution in [2.75, 3.05) is 20.8 Å². The van der Waals surface area contributed by atoms with Crippen molar-refractivity contribution in [1.29, 1.82) is 0 Å². The number of nitrogens with zero attached hydrogens (tertiary/aromatic N) is 1. The highest BCUT2D eigenvalue weighted by Gasteiger charge is 2.39. The van der Waals surface area contributed by atoms with Gasteiger partial charge in [0.2, 0.25) is 0 Å². The van der Waals surface area contributed by atoms with Gasteiger partial charge in [0.1, 0.15) is 6.04 Å². The quantitative estimate of drug-likeness (QED) is 0.774. The summed E-state index contributed by atoms with van der Waals surface area (Å²) < 4.78 is 10.3. The smallest absolute Gasteiger partial charge is 0.323 e. The van der Waals surface area contributed by atoms with Crippen molar-refractivity contribution in [1.82, 2.24) is 4.90 Å². The number of methoxy groups -OCH3 is 2. The number of carbonyl (C=O) groups excluding carboxylic acids is 1. The average Bonchev–Trinajstić information content (AvgIpc) is 3.06. The number of likely N-dealkylation sites (tertiary alicyclic amines) is 1. The average molecular weight is 283 g/mol. The summed E-state index contributed by atoms with van der Waals surface area (Å²) in [6.07, 6.45) is 1.79. The van der Waals surface area contributed by atoms with Crippen LogP contribution in [0.25, 0.3) is 0 Å². The van der Waals surface area contributed by atoms with Crippen molar-refractivity contribution < 1.29 is 14.3 Å². The number of thiophene rings is 1. The molecule has 0 amide bonds. The summed E-state index contributed by atoms with van der Waals surface area (Å²) in [5, 5.41) is 4.25. The van der Waals surface area contributed by atoms with E-state index in [1.165, 1.54) is 12.7 Å². The Morgan fingerprint density at radius 1 is 1.58 bits per heavy atom. The van der Waals surface area contributed by atoms with Crippen molar-refractivity contribution >= 4 is 17.3 Å². The number of hydrogen-bond donors (Lipinski definition) is 0. The maximum absolute atomic E-state index is 11.9. The van der Waals surface area contributed by atoms with Crippen LogP contribution in [0.4, 0.5) is 0 Å². The molecule has 3 atom stereocenters. The first-order chi connectivity index (χ1) is 9.15. The van der Waals surface area contributed by atoms with Crippen molar-refractivity contribution in [3.8, 4) is 0 Å². The van der Waals surface area contributed by atoms with E-state index in [0.717, 1.165) is 19.4 Å². The predicted molar refractivity (Wildman–Crippen MR) is 75.4 cm³/mol. The fourth-order valence-electron chi connectivity index (χ4n) is 2.71. The van der Waals surface area contributed by atoms with Gasteiger partial charge in [0.15, 0.2) is 0 Å². The third-order valence-corrected chi connectivity index (χ3v) is 4.52. The molecule has 0 aliphatic carbocycles. The summed E-state index contributed by atoms with van der Waals surface area (Å²) >= 11 is 1.71. The highest BCUT2D eigenvalue weighted by Crippen LogP contribution is 2.25. The van der Waals surface area contributed by atoms with Crippen LogP contribution in [0, 0.1) is 0 Å². The summed E-state index contributed by atoms with van der Waals surface area (Å²) in [4.78, 5) is 14.1. The highest BCUT2D eigenvalue weighted by molar-refractivity contribution is 7.07. The molecule has 1 aromatic heterocycles. The van der Waals surface area contributed by atoms with Gasteiger partial charge in [-0.15, -0.1) is 0 Å². The van der Waals surface area contributed by atoms with Gasteiger partial charge in [-0.25, -0.2) is 0 Å². The van der Waals surface area contributed by atoms with Crippen LogP contribution < -0.4 is 0 Å². The van der Waals surface area contributed by atoms with E-state index < -0.39 is 0 Å². The van der Waals surface area contributed by atoms with Crippen LogP contribution in [0.15, 0.2) is 16.8 Å². The lowest BCUT2D eigenvalue weighted by atomic mass is 10.1. The molecule has 1 saturated heterocycles. The van der Waals surface area contributed by atoms with E-state index >= 15 is 0 Å². The monoisotopic (exact) mass is 283 g/mol. The number of rotatable bonds is 5. The standard InChI is InChI=1S/C14H21NO3S/c1-10(6-11-4-5-19-9-11)15-8-12(17-2)7-13(15)14(16)18-3/h4-5,9-10,12-13H,6-8H2,1-3H3/t10-,12-,13+/m1/s1. The van der Waals surface area contributed by atoms with Crippen molar-refractivity contribution in [2.45, 2.75) is 38.0 Å². The SMILES string of the molecule is COC(=O)[C@@H]1C[C@@H](OC)CN1[C@H](C)Cc1ccsc1. The molecule has 0 aromatic carbocycles. The Morgan fingerprint density at radius 2 is 2.37 bits per heavy atom. The fourth-order valence-corrected chi connectivity index (χ4v) is 3.40. The summed E-state index contributed by atoms with van der Waals surface area (Å²) in [5.41, 5.74) is 1.32. The zero-order valence-electron chi connectivity index (χ0n) is 11.7. The molecule has 0 radical (unpaired) electrons. The second-order valence-corrected chi connectivity index (χ2v) is 5.79. The lowest BCUT2D eigenvalue weighted by molar-refractivity contribution is -0.146. The Morgan fingerprint density at radius 3 is 2.95 bits per heavy atom. The first-order valence-corrected chi connectivity index (χ1v) is 7.47. The summed E-state index contributed by atoms with van der Waals surface area (Å²) in [5.74, 6) is -0.156. The van der Waals surface area contributed by atoms with Crippen LogP contribution >= 0.6 is 11.3 Å². The van der Waals surface area contributed by atoms with Crippen LogP contribution in [-0.4, -0.2) is 49.8 Å². The van der Waals surface area contributed by atoms with Gasteiger partial charge in [0.05, 0.1) is 13.2 Å². The minimum absolute atomic E-state index is 0.119. The summed E-state index contributed by atoms with van der Waals surface area (Å²) in [6, 6.07) is 2.26. The lowest BCUT2D eigenvalue weighted by Gasteiger charge is -2.28. The molecule has 5 heteroatoms. The molecule has 1 aliphatic rings. The van der Waals surface area contributed by atoms with Gasteiger partial charge in [-0.2, -0.15) is 11.3 Å². The molecule has 1 aliphatic heterocycles. The van der Waals surface area contributed by atoms with E-state index in [2.05, 4.69) is 28.7 Å². The Bertz CT molecular complexity index is 407. The molecule has 0 N–H and O–H groups in total. The van der Waals surface area contributed by atoms with Gasteiger partial charge in [-0.1, -0.05) is 0 Å². The Hall–Kier alpha value is -0.910. The molecule has 19 heavy (non-hydrogen) atoms. The molecular formula is C14H21NO3S. The Kier molecular flexibility index (Phi) is 4.96. The number of esters is 1. The summed E-state index contributed by atoms with van der Waals surface area (Å²) in [7, 11) is 3.15. The zero-order valence-corrected chi connectivity index (χ0v) is 12.5. The minimum atomic E-state index is -0.177.